The molecule has 7 nitrogen and oxygen atoms in total. The van der Waals surface area contributed by atoms with Gasteiger partial charge in [0.25, 0.3) is 5.89 Å². The summed E-state index contributed by atoms with van der Waals surface area (Å²) in [5.74, 6) is 2.12. The lowest BCUT2D eigenvalue weighted by atomic mass is 9.95. The van der Waals surface area contributed by atoms with Crippen LogP contribution >= 0.6 is 0 Å². The third-order valence-electron chi connectivity index (χ3n) is 5.44. The number of aryl methyl sites for hydroxylation is 1. The maximum atomic E-state index is 12.7. The third kappa shape index (κ3) is 2.87. The highest BCUT2D eigenvalue weighted by Crippen LogP contribution is 2.40. The van der Waals surface area contributed by atoms with Gasteiger partial charge in [-0.2, -0.15) is 4.98 Å². The van der Waals surface area contributed by atoms with Crippen LogP contribution in [0.5, 0.6) is 0 Å². The van der Waals surface area contributed by atoms with Crippen molar-refractivity contribution < 1.29 is 14.1 Å². The van der Waals surface area contributed by atoms with Crippen molar-refractivity contribution in [3.8, 4) is 0 Å². The predicted octanol–water partition coefficient (Wildman–Crippen LogP) is 1.01. The second-order valence-corrected chi connectivity index (χ2v) is 7.16. The Morgan fingerprint density at radius 2 is 2.04 bits per heavy atom. The number of fused-ring (bicyclic) bond motifs is 1. The van der Waals surface area contributed by atoms with Crippen molar-refractivity contribution in [3.63, 3.8) is 0 Å². The molecule has 0 aliphatic carbocycles. The summed E-state index contributed by atoms with van der Waals surface area (Å²) in [5.41, 5.74) is 0. The first-order chi connectivity index (χ1) is 11.1. The normalized spacial score (nSPS) is 32.4. The number of rotatable bonds is 2. The molecule has 0 aromatic carbocycles. The summed E-state index contributed by atoms with van der Waals surface area (Å²) in [6, 6.07) is 0. The Labute approximate surface area is 136 Å². The van der Waals surface area contributed by atoms with Gasteiger partial charge in [0.05, 0.1) is 6.10 Å². The highest BCUT2D eigenvalue weighted by molar-refractivity contribution is 5.79. The summed E-state index contributed by atoms with van der Waals surface area (Å²) in [6.45, 7) is 5.36. The number of aromatic nitrogens is 2. The number of piperidine rings is 1. The molecule has 1 aromatic heterocycles. The van der Waals surface area contributed by atoms with Crippen molar-refractivity contribution in [1.82, 2.24) is 19.9 Å². The van der Waals surface area contributed by atoms with Crippen molar-refractivity contribution in [2.24, 2.45) is 11.8 Å². The van der Waals surface area contributed by atoms with Gasteiger partial charge in [-0.25, -0.2) is 0 Å². The molecular weight excluding hydrogens is 296 g/mol. The molecule has 3 atom stereocenters. The van der Waals surface area contributed by atoms with Crippen LogP contribution in [0, 0.1) is 18.8 Å². The van der Waals surface area contributed by atoms with Crippen molar-refractivity contribution in [3.05, 3.63) is 11.7 Å². The summed E-state index contributed by atoms with van der Waals surface area (Å²) < 4.78 is 11.3. The Kier molecular flexibility index (Phi) is 3.85. The van der Waals surface area contributed by atoms with E-state index in [4.69, 9.17) is 9.26 Å². The monoisotopic (exact) mass is 320 g/mol. The molecule has 1 amide bonds. The second kappa shape index (κ2) is 5.87. The van der Waals surface area contributed by atoms with Gasteiger partial charge < -0.3 is 19.1 Å². The molecule has 1 aromatic rings. The summed E-state index contributed by atoms with van der Waals surface area (Å²) >= 11 is 0. The van der Waals surface area contributed by atoms with Gasteiger partial charge in [-0.05, 0) is 46.3 Å². The maximum absolute atomic E-state index is 12.7. The minimum atomic E-state index is -0.105. The zero-order valence-electron chi connectivity index (χ0n) is 13.8. The molecular formula is C16H24N4O3. The van der Waals surface area contributed by atoms with Gasteiger partial charge in [-0.3, -0.25) is 4.79 Å². The van der Waals surface area contributed by atoms with Crippen molar-refractivity contribution in [2.45, 2.75) is 38.4 Å². The lowest BCUT2D eigenvalue weighted by Gasteiger charge is -2.31. The van der Waals surface area contributed by atoms with E-state index >= 15 is 0 Å². The van der Waals surface area contributed by atoms with Crippen molar-refractivity contribution >= 4 is 5.91 Å². The molecule has 7 heteroatoms. The van der Waals surface area contributed by atoms with Crippen LogP contribution in [-0.4, -0.2) is 65.2 Å². The largest absolute Gasteiger partial charge is 0.363 e. The highest BCUT2D eigenvalue weighted by atomic mass is 16.5. The fourth-order valence-corrected chi connectivity index (χ4v) is 4.06. The first-order valence-corrected chi connectivity index (χ1v) is 8.53. The summed E-state index contributed by atoms with van der Waals surface area (Å²) in [6.07, 6.45) is 2.83. The minimum Gasteiger partial charge on any atom is -0.363 e. The van der Waals surface area contributed by atoms with Crippen molar-refractivity contribution in [1.29, 1.82) is 0 Å². The standard InChI is InChI=1S/C16H24N4O3/c1-10-17-15(23-18-10)13-7-12-8-20(9-14(12)22-13)16(21)11-3-5-19(2)6-4-11/h11-14H,3-9H2,1-2H3/t12-,13-,14+/m0/s1. The number of hydrogen-bond acceptors (Lipinski definition) is 6. The zero-order valence-corrected chi connectivity index (χ0v) is 13.8. The van der Waals surface area contributed by atoms with Crippen LogP contribution in [0.3, 0.4) is 0 Å². The number of likely N-dealkylation sites (tertiary alicyclic amines) is 2. The first kappa shape index (κ1) is 15.1. The molecule has 0 bridgehead atoms. The fraction of sp³-hybridized carbons (Fsp3) is 0.812. The Morgan fingerprint density at radius 1 is 1.26 bits per heavy atom. The second-order valence-electron chi connectivity index (χ2n) is 7.16. The quantitative estimate of drug-likeness (QED) is 0.810. The van der Waals surface area contributed by atoms with E-state index in [0.29, 0.717) is 30.1 Å². The van der Waals surface area contributed by atoms with Gasteiger partial charge in [-0.1, -0.05) is 5.16 Å². The summed E-state index contributed by atoms with van der Waals surface area (Å²) in [4.78, 5) is 21.3. The van der Waals surface area contributed by atoms with Gasteiger partial charge in [0.2, 0.25) is 5.91 Å². The molecule has 23 heavy (non-hydrogen) atoms. The molecule has 126 valence electrons. The molecule has 0 spiro atoms. The SMILES string of the molecule is Cc1noc([C@@H]2C[C@H]3CN(C(=O)C4CCN(C)CC4)C[C@H]3O2)n1. The van der Waals surface area contributed by atoms with E-state index in [1.54, 1.807) is 0 Å². The lowest BCUT2D eigenvalue weighted by molar-refractivity contribution is -0.137. The summed E-state index contributed by atoms with van der Waals surface area (Å²) in [5, 5.41) is 3.83. The fourth-order valence-electron chi connectivity index (χ4n) is 4.06. The van der Waals surface area contributed by atoms with Crippen LogP contribution in [0.1, 0.15) is 37.1 Å². The number of carbonyl (C=O) groups is 1. The van der Waals surface area contributed by atoms with Gasteiger partial charge in [-0.15, -0.1) is 0 Å². The molecule has 0 radical (unpaired) electrons. The number of ether oxygens (including phenoxy) is 1. The Hall–Kier alpha value is -1.47. The maximum Gasteiger partial charge on any atom is 0.255 e. The Balaban J connectivity index is 1.34. The Morgan fingerprint density at radius 3 is 2.70 bits per heavy atom. The molecule has 3 aliphatic rings. The third-order valence-corrected chi connectivity index (χ3v) is 5.44. The topological polar surface area (TPSA) is 71.7 Å². The van der Waals surface area contributed by atoms with Gasteiger partial charge in [0, 0.05) is 24.9 Å². The minimum absolute atomic E-state index is 0.105. The van der Waals surface area contributed by atoms with Crippen LogP contribution in [-0.2, 0) is 9.53 Å². The van der Waals surface area contributed by atoms with Gasteiger partial charge in [0.15, 0.2) is 5.82 Å². The average molecular weight is 320 g/mol. The van der Waals surface area contributed by atoms with E-state index in [-0.39, 0.29) is 18.1 Å². The summed E-state index contributed by atoms with van der Waals surface area (Å²) in [7, 11) is 2.12. The van der Waals surface area contributed by atoms with E-state index in [1.807, 2.05) is 11.8 Å². The van der Waals surface area contributed by atoms with Crippen LogP contribution in [0.25, 0.3) is 0 Å². The van der Waals surface area contributed by atoms with Crippen LogP contribution in [0.2, 0.25) is 0 Å². The van der Waals surface area contributed by atoms with E-state index in [2.05, 4.69) is 22.1 Å². The van der Waals surface area contributed by atoms with Crippen LogP contribution in [0.15, 0.2) is 4.52 Å². The molecule has 3 fully saturated rings. The van der Waals surface area contributed by atoms with Crippen LogP contribution < -0.4 is 0 Å². The van der Waals surface area contributed by atoms with E-state index in [0.717, 1.165) is 38.9 Å². The smallest absolute Gasteiger partial charge is 0.255 e. The Bertz CT molecular complexity index is 568. The average Bonchev–Trinajstić information content (AvgIpc) is 3.21. The van der Waals surface area contributed by atoms with Gasteiger partial charge >= 0.3 is 0 Å². The lowest BCUT2D eigenvalue weighted by Crippen LogP contribution is -2.41. The van der Waals surface area contributed by atoms with E-state index < -0.39 is 0 Å². The molecule has 4 rings (SSSR count). The molecule has 0 unspecified atom stereocenters. The van der Waals surface area contributed by atoms with Crippen molar-refractivity contribution in [2.75, 3.05) is 33.2 Å². The molecule has 3 saturated heterocycles. The zero-order chi connectivity index (χ0) is 16.0. The highest BCUT2D eigenvalue weighted by Gasteiger charge is 2.46. The first-order valence-electron chi connectivity index (χ1n) is 8.53. The molecule has 3 aliphatic heterocycles. The predicted molar refractivity (Wildman–Crippen MR) is 81.6 cm³/mol. The van der Waals surface area contributed by atoms with E-state index in [9.17, 15) is 4.79 Å². The number of amides is 1. The van der Waals surface area contributed by atoms with E-state index in [1.165, 1.54) is 0 Å². The molecule has 0 N–H and O–H groups in total. The molecule has 4 heterocycles. The number of nitrogens with zero attached hydrogens (tertiary/aromatic N) is 4. The molecule has 0 saturated carbocycles. The number of carbonyl (C=O) groups excluding carboxylic acids is 1. The van der Waals surface area contributed by atoms with Crippen LogP contribution in [0.4, 0.5) is 0 Å². The number of hydrogen-bond donors (Lipinski definition) is 0. The van der Waals surface area contributed by atoms with Gasteiger partial charge in [0.1, 0.15) is 6.10 Å².